The maximum absolute atomic E-state index is 12.6. The van der Waals surface area contributed by atoms with E-state index in [1.54, 1.807) is 18.0 Å². The number of rotatable bonds is 5. The first kappa shape index (κ1) is 18.5. The first-order valence-electron chi connectivity index (χ1n) is 8.78. The molecule has 0 bridgehead atoms. The van der Waals surface area contributed by atoms with Crippen molar-refractivity contribution in [3.63, 3.8) is 0 Å². The van der Waals surface area contributed by atoms with Crippen molar-refractivity contribution in [2.75, 3.05) is 33.3 Å². The number of hydrogen-bond acceptors (Lipinski definition) is 6. The molecule has 1 saturated heterocycles. The third-order valence-electron chi connectivity index (χ3n) is 4.81. The molecule has 0 aliphatic carbocycles. The van der Waals surface area contributed by atoms with Crippen LogP contribution in [0.3, 0.4) is 0 Å². The number of hydrogen-bond donors (Lipinski definition) is 2. The number of H-pyrrole nitrogens is 1. The Balaban J connectivity index is 1.71. The third kappa shape index (κ3) is 3.92. The number of benzene rings is 1. The van der Waals surface area contributed by atoms with Crippen molar-refractivity contribution in [1.29, 1.82) is 0 Å². The Bertz CT molecular complexity index is 837. The molecular weight excluding hydrogens is 334 g/mol. The van der Waals surface area contributed by atoms with E-state index in [-0.39, 0.29) is 17.5 Å². The van der Waals surface area contributed by atoms with Crippen LogP contribution in [0.2, 0.25) is 0 Å². The first-order chi connectivity index (χ1) is 12.5. The van der Waals surface area contributed by atoms with Crippen molar-refractivity contribution in [3.05, 3.63) is 40.4 Å². The molecule has 1 aromatic heterocycles. The summed E-state index contributed by atoms with van der Waals surface area (Å²) in [5, 5.41) is 0.573. The predicted octanol–water partition coefficient (Wildman–Crippen LogP) is -0.0705. The molecule has 8 heteroatoms. The Morgan fingerprint density at radius 1 is 1.50 bits per heavy atom. The van der Waals surface area contributed by atoms with Crippen LogP contribution in [0, 0.1) is 0 Å². The zero-order chi connectivity index (χ0) is 18.7. The maximum Gasteiger partial charge on any atom is 0.258 e. The van der Waals surface area contributed by atoms with Gasteiger partial charge in [-0.25, -0.2) is 4.98 Å². The van der Waals surface area contributed by atoms with Gasteiger partial charge in [-0.3, -0.25) is 14.5 Å². The van der Waals surface area contributed by atoms with Crippen LogP contribution >= 0.6 is 0 Å². The summed E-state index contributed by atoms with van der Waals surface area (Å²) in [6.07, 6.45) is -0.532. The highest BCUT2D eigenvalue weighted by Gasteiger charge is 2.30. The van der Waals surface area contributed by atoms with Gasteiger partial charge in [0.25, 0.3) is 11.5 Å². The molecule has 0 saturated carbocycles. The number of aromatic amines is 1. The van der Waals surface area contributed by atoms with Crippen molar-refractivity contribution >= 4 is 16.8 Å². The molecule has 1 aromatic carbocycles. The number of fused-ring (bicyclic) bond motifs is 1. The Hall–Kier alpha value is -2.29. The number of amides is 1. The fourth-order valence-corrected chi connectivity index (χ4v) is 3.02. The van der Waals surface area contributed by atoms with E-state index >= 15 is 0 Å². The van der Waals surface area contributed by atoms with Crippen molar-refractivity contribution in [3.8, 4) is 0 Å². The summed E-state index contributed by atoms with van der Waals surface area (Å²) in [5.41, 5.74) is 6.16. The Kier molecular flexibility index (Phi) is 5.65. The van der Waals surface area contributed by atoms with Crippen LogP contribution in [0.15, 0.2) is 29.1 Å². The van der Waals surface area contributed by atoms with Crippen LogP contribution in [0.1, 0.15) is 12.7 Å². The van der Waals surface area contributed by atoms with Crippen molar-refractivity contribution in [2.45, 2.75) is 25.6 Å². The third-order valence-corrected chi connectivity index (χ3v) is 4.81. The minimum absolute atomic E-state index is 0.0417. The molecular formula is C18H25N5O3. The quantitative estimate of drug-likeness (QED) is 0.774. The van der Waals surface area contributed by atoms with Gasteiger partial charge in [0.05, 0.1) is 24.1 Å². The van der Waals surface area contributed by atoms with Crippen LogP contribution in [-0.4, -0.2) is 71.1 Å². The maximum atomic E-state index is 12.6. The summed E-state index contributed by atoms with van der Waals surface area (Å²) in [4.78, 5) is 35.8. The molecule has 0 radical (unpaired) electrons. The van der Waals surface area contributed by atoms with Gasteiger partial charge in [0.1, 0.15) is 11.9 Å². The number of carbonyl (C=O) groups is 1. The van der Waals surface area contributed by atoms with E-state index in [0.29, 0.717) is 49.5 Å². The van der Waals surface area contributed by atoms with Gasteiger partial charge in [0, 0.05) is 32.7 Å². The predicted molar refractivity (Wildman–Crippen MR) is 98.7 cm³/mol. The fourth-order valence-electron chi connectivity index (χ4n) is 3.02. The molecule has 140 valence electrons. The molecule has 3 N–H and O–H groups in total. The van der Waals surface area contributed by atoms with Crippen LogP contribution in [0.25, 0.3) is 10.9 Å². The van der Waals surface area contributed by atoms with Crippen molar-refractivity contribution in [1.82, 2.24) is 19.8 Å². The number of ether oxygens (including phenoxy) is 1. The second-order valence-corrected chi connectivity index (χ2v) is 6.66. The zero-order valence-corrected chi connectivity index (χ0v) is 15.1. The average molecular weight is 359 g/mol. The molecule has 2 heterocycles. The number of likely N-dealkylation sites (N-methyl/N-ethyl adjacent to an activating group) is 1. The average Bonchev–Trinajstić information content (AvgIpc) is 2.66. The molecule has 1 amide bonds. The number of nitrogens with two attached hydrogens (primary N) is 1. The first-order valence-corrected chi connectivity index (χ1v) is 8.78. The number of aromatic nitrogens is 2. The highest BCUT2D eigenvalue weighted by atomic mass is 16.5. The minimum atomic E-state index is -0.532. The van der Waals surface area contributed by atoms with E-state index in [9.17, 15) is 9.59 Å². The number of carbonyl (C=O) groups excluding carboxylic acids is 1. The van der Waals surface area contributed by atoms with E-state index < -0.39 is 6.10 Å². The van der Waals surface area contributed by atoms with Gasteiger partial charge < -0.3 is 20.4 Å². The standard InChI is InChI=1S/C18H25N5O3/c1-12(9-19)22(2)18(25)15-10-23(7-8-26-15)11-16-20-14-6-4-3-5-13(14)17(24)21-16/h3-6,12,15H,7-11,19H2,1-2H3,(H,20,21,24)/t12-,15-/m0/s1. The van der Waals surface area contributed by atoms with Gasteiger partial charge in [-0.2, -0.15) is 0 Å². The molecule has 0 spiro atoms. The largest absolute Gasteiger partial charge is 0.366 e. The van der Waals surface area contributed by atoms with Crippen molar-refractivity contribution in [2.24, 2.45) is 5.73 Å². The molecule has 0 unspecified atom stereocenters. The highest BCUT2D eigenvalue weighted by molar-refractivity contribution is 5.81. The zero-order valence-electron chi connectivity index (χ0n) is 15.1. The second-order valence-electron chi connectivity index (χ2n) is 6.66. The minimum Gasteiger partial charge on any atom is -0.366 e. The number of morpholine rings is 1. The van der Waals surface area contributed by atoms with Crippen LogP contribution in [-0.2, 0) is 16.1 Å². The lowest BCUT2D eigenvalue weighted by Gasteiger charge is -2.35. The van der Waals surface area contributed by atoms with Gasteiger partial charge in [0.15, 0.2) is 0 Å². The molecule has 1 fully saturated rings. The molecule has 1 aliphatic rings. The molecule has 2 aromatic rings. The van der Waals surface area contributed by atoms with Crippen LogP contribution in [0.4, 0.5) is 0 Å². The van der Waals surface area contributed by atoms with Gasteiger partial charge >= 0.3 is 0 Å². The summed E-state index contributed by atoms with van der Waals surface area (Å²) < 4.78 is 5.65. The Morgan fingerprint density at radius 3 is 3.04 bits per heavy atom. The summed E-state index contributed by atoms with van der Waals surface area (Å²) in [5.74, 6) is 0.512. The summed E-state index contributed by atoms with van der Waals surface area (Å²) >= 11 is 0. The number of nitrogens with zero attached hydrogens (tertiary/aromatic N) is 3. The molecule has 3 rings (SSSR count). The summed E-state index contributed by atoms with van der Waals surface area (Å²) in [6.45, 7) is 4.36. The molecule has 2 atom stereocenters. The van der Waals surface area contributed by atoms with E-state index in [1.807, 2.05) is 25.1 Å². The second kappa shape index (κ2) is 7.94. The van der Waals surface area contributed by atoms with Crippen molar-refractivity contribution < 1.29 is 9.53 Å². The van der Waals surface area contributed by atoms with Gasteiger partial charge in [-0.05, 0) is 19.1 Å². The highest BCUT2D eigenvalue weighted by Crippen LogP contribution is 2.12. The fraction of sp³-hybridized carbons (Fsp3) is 0.500. The number of para-hydroxylation sites is 1. The van der Waals surface area contributed by atoms with E-state index in [4.69, 9.17) is 10.5 Å². The SMILES string of the molecule is C[C@@H](CN)N(C)C(=O)[C@@H]1CN(Cc2nc3ccccc3c(=O)[nH]2)CCO1. The van der Waals surface area contributed by atoms with E-state index in [0.717, 1.165) is 0 Å². The lowest BCUT2D eigenvalue weighted by Crippen LogP contribution is -2.52. The summed E-state index contributed by atoms with van der Waals surface area (Å²) in [7, 11) is 1.74. The normalized spacial score (nSPS) is 19.4. The summed E-state index contributed by atoms with van der Waals surface area (Å²) in [6, 6.07) is 7.21. The topological polar surface area (TPSA) is 105 Å². The molecule has 26 heavy (non-hydrogen) atoms. The lowest BCUT2D eigenvalue weighted by atomic mass is 10.2. The smallest absolute Gasteiger partial charge is 0.258 e. The molecule has 1 aliphatic heterocycles. The van der Waals surface area contributed by atoms with Crippen LogP contribution < -0.4 is 11.3 Å². The van der Waals surface area contributed by atoms with Gasteiger partial charge in [-0.15, -0.1) is 0 Å². The van der Waals surface area contributed by atoms with Gasteiger partial charge in [0.2, 0.25) is 0 Å². The lowest BCUT2D eigenvalue weighted by molar-refractivity contribution is -0.150. The van der Waals surface area contributed by atoms with Gasteiger partial charge in [-0.1, -0.05) is 12.1 Å². The Morgan fingerprint density at radius 2 is 2.27 bits per heavy atom. The van der Waals surface area contributed by atoms with E-state index in [2.05, 4.69) is 14.9 Å². The number of nitrogens with one attached hydrogen (secondary N) is 1. The van der Waals surface area contributed by atoms with Crippen LogP contribution in [0.5, 0.6) is 0 Å². The Labute approximate surface area is 151 Å². The monoisotopic (exact) mass is 359 g/mol. The van der Waals surface area contributed by atoms with E-state index in [1.165, 1.54) is 0 Å². The molecule has 8 nitrogen and oxygen atoms in total.